The third-order valence-electron chi connectivity index (χ3n) is 9.25. The van der Waals surface area contributed by atoms with Crippen LogP contribution in [0.3, 0.4) is 0 Å². The van der Waals surface area contributed by atoms with Crippen molar-refractivity contribution in [2.45, 2.75) is 45.9 Å². The number of nitrogens with zero attached hydrogens (tertiary/aromatic N) is 1. The number of benzene rings is 4. The Morgan fingerprint density at radius 3 is 2.38 bits per heavy atom. The van der Waals surface area contributed by atoms with Crippen molar-refractivity contribution in [3.63, 3.8) is 0 Å². The number of methoxy groups -OCH3 is 1. The molecule has 1 aromatic heterocycles. The SMILES string of the molecule is COc1ccc2c(c1)c(C(=O)NCc1ccc(COC3CCC(/C=C/c4ccccc4)C3C)cc1)c(C)n2C(=O)c1ccc(Cl)cc1. The fourth-order valence-corrected chi connectivity index (χ4v) is 6.61. The molecule has 0 bridgehead atoms. The van der Waals surface area contributed by atoms with E-state index in [1.54, 1.807) is 61.1 Å². The molecule has 240 valence electrons. The summed E-state index contributed by atoms with van der Waals surface area (Å²) in [5.74, 6) is 1.08. The molecule has 0 spiro atoms. The fourth-order valence-electron chi connectivity index (χ4n) is 6.49. The highest BCUT2D eigenvalue weighted by Gasteiger charge is 2.32. The summed E-state index contributed by atoms with van der Waals surface area (Å²) in [7, 11) is 1.58. The lowest BCUT2D eigenvalue weighted by Crippen LogP contribution is -2.24. The minimum absolute atomic E-state index is 0.231. The number of hydrogen-bond acceptors (Lipinski definition) is 4. The molecule has 1 saturated carbocycles. The maximum absolute atomic E-state index is 13.7. The number of carbonyl (C=O) groups is 2. The Labute approximate surface area is 281 Å². The third-order valence-corrected chi connectivity index (χ3v) is 9.51. The number of carbonyl (C=O) groups excluding carboxylic acids is 2. The molecule has 0 aliphatic heterocycles. The number of allylic oxidation sites excluding steroid dienone is 1. The van der Waals surface area contributed by atoms with E-state index in [4.69, 9.17) is 21.1 Å². The van der Waals surface area contributed by atoms with E-state index in [1.165, 1.54) is 5.56 Å². The van der Waals surface area contributed by atoms with E-state index in [2.05, 4.69) is 60.8 Å². The number of hydrogen-bond donors (Lipinski definition) is 1. The van der Waals surface area contributed by atoms with E-state index in [-0.39, 0.29) is 17.9 Å². The molecule has 1 aliphatic rings. The van der Waals surface area contributed by atoms with Gasteiger partial charge < -0.3 is 14.8 Å². The fraction of sp³-hybridized carbons (Fsp3) is 0.250. The maximum Gasteiger partial charge on any atom is 0.262 e. The van der Waals surface area contributed by atoms with Gasteiger partial charge in [-0.05, 0) is 90.8 Å². The first-order chi connectivity index (χ1) is 22.8. The molecule has 5 aromatic rings. The lowest BCUT2D eigenvalue weighted by molar-refractivity contribution is 0.0168. The summed E-state index contributed by atoms with van der Waals surface area (Å²) in [6, 6.07) is 30.7. The molecule has 0 radical (unpaired) electrons. The molecular formula is C40H39ClN2O4. The van der Waals surface area contributed by atoms with E-state index in [0.717, 1.165) is 24.0 Å². The number of amides is 1. The second-order valence-electron chi connectivity index (χ2n) is 12.2. The van der Waals surface area contributed by atoms with Crippen LogP contribution in [0.5, 0.6) is 5.75 Å². The van der Waals surface area contributed by atoms with Crippen molar-refractivity contribution in [2.75, 3.05) is 7.11 Å². The Morgan fingerprint density at radius 2 is 1.66 bits per heavy atom. The molecule has 3 atom stereocenters. The molecular weight excluding hydrogens is 608 g/mol. The molecule has 1 amide bonds. The van der Waals surface area contributed by atoms with Crippen LogP contribution in [-0.4, -0.2) is 29.6 Å². The van der Waals surface area contributed by atoms with Gasteiger partial charge in [0.25, 0.3) is 11.8 Å². The summed E-state index contributed by atoms with van der Waals surface area (Å²) in [4.78, 5) is 27.2. The summed E-state index contributed by atoms with van der Waals surface area (Å²) in [5.41, 5.74) is 5.40. The van der Waals surface area contributed by atoms with Crippen LogP contribution < -0.4 is 10.1 Å². The second-order valence-corrected chi connectivity index (χ2v) is 12.6. The molecule has 1 aliphatic carbocycles. The Hall–Kier alpha value is -4.65. The molecule has 3 unspecified atom stereocenters. The van der Waals surface area contributed by atoms with Crippen molar-refractivity contribution in [1.82, 2.24) is 9.88 Å². The molecule has 0 saturated heterocycles. The van der Waals surface area contributed by atoms with Gasteiger partial charge in [-0.15, -0.1) is 0 Å². The smallest absolute Gasteiger partial charge is 0.262 e. The van der Waals surface area contributed by atoms with E-state index in [9.17, 15) is 9.59 Å². The lowest BCUT2D eigenvalue weighted by atomic mass is 9.95. The zero-order valence-corrected chi connectivity index (χ0v) is 27.7. The Balaban J connectivity index is 1.09. The van der Waals surface area contributed by atoms with Crippen LogP contribution in [0.4, 0.5) is 0 Å². The molecule has 7 heteroatoms. The first kappa shape index (κ1) is 32.3. The van der Waals surface area contributed by atoms with Crippen molar-refractivity contribution < 1.29 is 19.1 Å². The molecule has 6 rings (SSSR count). The lowest BCUT2D eigenvalue weighted by Gasteiger charge is -2.19. The minimum atomic E-state index is -0.262. The predicted molar refractivity (Wildman–Crippen MR) is 188 cm³/mol. The summed E-state index contributed by atoms with van der Waals surface area (Å²) in [6.07, 6.45) is 6.98. The van der Waals surface area contributed by atoms with Crippen molar-refractivity contribution in [1.29, 1.82) is 0 Å². The second kappa shape index (κ2) is 14.4. The van der Waals surface area contributed by atoms with Gasteiger partial charge in [0.05, 0.1) is 30.9 Å². The zero-order chi connectivity index (χ0) is 32.9. The van der Waals surface area contributed by atoms with E-state index in [0.29, 0.717) is 63.5 Å². The zero-order valence-electron chi connectivity index (χ0n) is 26.9. The highest BCUT2D eigenvalue weighted by atomic mass is 35.5. The average molecular weight is 647 g/mol. The van der Waals surface area contributed by atoms with Crippen molar-refractivity contribution in [3.8, 4) is 5.75 Å². The van der Waals surface area contributed by atoms with Crippen LogP contribution in [0.15, 0.2) is 103 Å². The van der Waals surface area contributed by atoms with E-state index >= 15 is 0 Å². The first-order valence-corrected chi connectivity index (χ1v) is 16.4. The number of rotatable bonds is 10. The monoisotopic (exact) mass is 646 g/mol. The number of fused-ring (bicyclic) bond motifs is 1. The predicted octanol–water partition coefficient (Wildman–Crippen LogP) is 8.87. The van der Waals surface area contributed by atoms with Crippen molar-refractivity contribution in [3.05, 3.63) is 142 Å². The Kier molecular flexibility index (Phi) is 9.90. The van der Waals surface area contributed by atoms with Crippen LogP contribution in [0.2, 0.25) is 5.02 Å². The number of aromatic nitrogens is 1. The minimum Gasteiger partial charge on any atom is -0.497 e. The van der Waals surface area contributed by atoms with Crippen molar-refractivity contribution >= 4 is 40.4 Å². The van der Waals surface area contributed by atoms with Gasteiger partial charge in [-0.3, -0.25) is 14.2 Å². The van der Waals surface area contributed by atoms with Crippen LogP contribution in [0.25, 0.3) is 17.0 Å². The average Bonchev–Trinajstić information content (AvgIpc) is 3.60. The number of ether oxygens (including phenoxy) is 2. The molecule has 6 nitrogen and oxygen atoms in total. The molecule has 1 heterocycles. The van der Waals surface area contributed by atoms with Crippen LogP contribution in [0.1, 0.15) is 62.9 Å². The largest absolute Gasteiger partial charge is 0.497 e. The van der Waals surface area contributed by atoms with Gasteiger partial charge in [-0.2, -0.15) is 0 Å². The van der Waals surface area contributed by atoms with Crippen molar-refractivity contribution in [2.24, 2.45) is 11.8 Å². The summed E-state index contributed by atoms with van der Waals surface area (Å²) in [6.45, 7) is 4.97. The van der Waals surface area contributed by atoms with Crippen LogP contribution >= 0.6 is 11.6 Å². The molecule has 47 heavy (non-hydrogen) atoms. The van der Waals surface area contributed by atoms with Crippen LogP contribution in [0, 0.1) is 18.8 Å². The highest BCUT2D eigenvalue weighted by Crippen LogP contribution is 2.36. The Bertz CT molecular complexity index is 1900. The topological polar surface area (TPSA) is 69.6 Å². The van der Waals surface area contributed by atoms with E-state index in [1.807, 2.05) is 18.2 Å². The molecule has 1 N–H and O–H groups in total. The normalized spacial score (nSPS) is 17.7. The third kappa shape index (κ3) is 7.19. The van der Waals surface area contributed by atoms with Gasteiger partial charge in [0.1, 0.15) is 5.75 Å². The van der Waals surface area contributed by atoms with Gasteiger partial charge in [-0.1, -0.05) is 85.3 Å². The van der Waals surface area contributed by atoms with E-state index < -0.39 is 0 Å². The maximum atomic E-state index is 13.7. The quantitative estimate of drug-likeness (QED) is 0.165. The molecule has 4 aromatic carbocycles. The Morgan fingerprint density at radius 1 is 0.936 bits per heavy atom. The van der Waals surface area contributed by atoms with Crippen LogP contribution in [-0.2, 0) is 17.9 Å². The molecule has 1 fully saturated rings. The first-order valence-electron chi connectivity index (χ1n) is 16.0. The van der Waals surface area contributed by atoms with Gasteiger partial charge in [0.2, 0.25) is 0 Å². The summed E-state index contributed by atoms with van der Waals surface area (Å²) < 4.78 is 13.4. The summed E-state index contributed by atoms with van der Waals surface area (Å²) >= 11 is 6.05. The number of nitrogens with one attached hydrogen (secondary N) is 1. The summed E-state index contributed by atoms with van der Waals surface area (Å²) in [5, 5.41) is 4.25. The highest BCUT2D eigenvalue weighted by molar-refractivity contribution is 6.30. The van der Waals surface area contributed by atoms with Gasteiger partial charge in [0, 0.05) is 28.2 Å². The van der Waals surface area contributed by atoms with Gasteiger partial charge in [0.15, 0.2) is 0 Å². The van der Waals surface area contributed by atoms with Gasteiger partial charge >= 0.3 is 0 Å². The number of halogens is 1. The standard InChI is InChI=1S/C40H39ClN2O4/c1-26-31(14-13-28-7-5-4-6-8-28)17-22-37(26)47-25-30-11-9-29(10-12-30)24-42-39(44)38-27(2)43(36-21-20-34(46-3)23-35(36)38)40(45)32-15-18-33(41)19-16-32/h4-16,18-21,23,26,31,37H,17,22,24-25H2,1-3H3,(H,42,44)/b14-13+. The van der Waals surface area contributed by atoms with Gasteiger partial charge in [-0.25, -0.2) is 0 Å².